The van der Waals surface area contributed by atoms with E-state index < -0.39 is 5.95 Å². The molecule has 5 heteroatoms. The van der Waals surface area contributed by atoms with Crippen molar-refractivity contribution in [2.75, 3.05) is 13.2 Å². The molecule has 1 N–H and O–H groups in total. The molecule has 0 aliphatic heterocycles. The molecule has 2 rings (SSSR count). The van der Waals surface area contributed by atoms with E-state index in [-0.39, 0.29) is 11.5 Å². The summed E-state index contributed by atoms with van der Waals surface area (Å²) in [5, 5.41) is 2.72. The number of hydrogen-bond acceptors (Lipinski definition) is 3. The van der Waals surface area contributed by atoms with E-state index in [1.54, 1.807) is 0 Å². The van der Waals surface area contributed by atoms with Crippen LogP contribution in [-0.2, 0) is 4.74 Å². The summed E-state index contributed by atoms with van der Waals surface area (Å²) in [5.41, 5.74) is 0.281. The van der Waals surface area contributed by atoms with Crippen LogP contribution < -0.4 is 5.32 Å². The zero-order valence-electron chi connectivity index (χ0n) is 11.8. The molecule has 0 saturated heterocycles. The predicted octanol–water partition coefficient (Wildman–Crippen LogP) is 2.55. The Morgan fingerprint density at radius 1 is 1.50 bits per heavy atom. The Morgan fingerprint density at radius 3 is 3.05 bits per heavy atom. The minimum Gasteiger partial charge on any atom is -0.376 e. The standard InChI is InChI=1S/C15H21FN2O2/c1-11-4-2-3-5-13(11)20-9-8-18-15(19)12-6-7-17-14(16)10-12/h6-7,10-11,13H,2-5,8-9H2,1H3,(H,18,19)/t11-,13-/m1/s1. The van der Waals surface area contributed by atoms with Gasteiger partial charge in [0.25, 0.3) is 5.91 Å². The van der Waals surface area contributed by atoms with Crippen molar-refractivity contribution in [3.05, 3.63) is 29.8 Å². The summed E-state index contributed by atoms with van der Waals surface area (Å²) in [4.78, 5) is 15.2. The van der Waals surface area contributed by atoms with Gasteiger partial charge in [-0.3, -0.25) is 4.79 Å². The highest BCUT2D eigenvalue weighted by Crippen LogP contribution is 2.25. The van der Waals surface area contributed by atoms with Crippen molar-refractivity contribution < 1.29 is 13.9 Å². The number of halogens is 1. The van der Waals surface area contributed by atoms with Gasteiger partial charge < -0.3 is 10.1 Å². The van der Waals surface area contributed by atoms with Crippen LogP contribution in [0.3, 0.4) is 0 Å². The Morgan fingerprint density at radius 2 is 2.30 bits per heavy atom. The normalized spacial score (nSPS) is 22.5. The lowest BCUT2D eigenvalue weighted by molar-refractivity contribution is -0.00293. The summed E-state index contributed by atoms with van der Waals surface area (Å²) in [5.74, 6) is -0.356. The average molecular weight is 280 g/mol. The van der Waals surface area contributed by atoms with Gasteiger partial charge in [0, 0.05) is 24.4 Å². The maximum absolute atomic E-state index is 12.9. The van der Waals surface area contributed by atoms with Crippen molar-refractivity contribution >= 4 is 5.91 Å². The summed E-state index contributed by atoms with van der Waals surface area (Å²) >= 11 is 0. The molecule has 0 bridgehead atoms. The number of carbonyl (C=O) groups is 1. The van der Waals surface area contributed by atoms with Crippen LogP contribution in [0.2, 0.25) is 0 Å². The van der Waals surface area contributed by atoms with E-state index in [1.807, 2.05) is 0 Å². The van der Waals surface area contributed by atoms with Gasteiger partial charge in [-0.25, -0.2) is 4.98 Å². The second-order valence-corrected chi connectivity index (χ2v) is 5.29. The van der Waals surface area contributed by atoms with E-state index in [2.05, 4.69) is 17.2 Å². The molecule has 20 heavy (non-hydrogen) atoms. The number of carbonyl (C=O) groups excluding carboxylic acids is 1. The number of ether oxygens (including phenoxy) is 1. The molecule has 1 aliphatic rings. The van der Waals surface area contributed by atoms with Crippen molar-refractivity contribution in [1.29, 1.82) is 0 Å². The first kappa shape index (κ1) is 14.9. The number of nitrogens with one attached hydrogen (secondary N) is 1. The second kappa shape index (κ2) is 7.33. The molecular formula is C15H21FN2O2. The molecule has 110 valence electrons. The summed E-state index contributed by atoms with van der Waals surface area (Å²) in [6.07, 6.45) is 6.41. The van der Waals surface area contributed by atoms with Crippen LogP contribution in [0.4, 0.5) is 4.39 Å². The largest absolute Gasteiger partial charge is 0.376 e. The minimum absolute atomic E-state index is 0.281. The lowest BCUT2D eigenvalue weighted by Crippen LogP contribution is -2.31. The molecule has 0 spiro atoms. The molecule has 0 radical (unpaired) electrons. The van der Waals surface area contributed by atoms with E-state index in [9.17, 15) is 9.18 Å². The third-order valence-corrected chi connectivity index (χ3v) is 3.74. The highest BCUT2D eigenvalue weighted by molar-refractivity contribution is 5.93. The fourth-order valence-electron chi connectivity index (χ4n) is 2.55. The Bertz CT molecular complexity index is 453. The number of nitrogens with zero attached hydrogens (tertiary/aromatic N) is 1. The molecule has 1 aromatic heterocycles. The van der Waals surface area contributed by atoms with Gasteiger partial charge in [0.2, 0.25) is 5.95 Å². The Labute approximate surface area is 118 Å². The van der Waals surface area contributed by atoms with Gasteiger partial charge in [0.15, 0.2) is 0 Å². The number of aromatic nitrogens is 1. The lowest BCUT2D eigenvalue weighted by atomic mass is 9.88. The van der Waals surface area contributed by atoms with E-state index in [0.717, 1.165) is 12.5 Å². The van der Waals surface area contributed by atoms with E-state index in [1.165, 1.54) is 31.5 Å². The summed E-state index contributed by atoms with van der Waals surface area (Å²) in [6, 6.07) is 2.61. The number of pyridine rings is 1. The van der Waals surface area contributed by atoms with Crippen molar-refractivity contribution in [1.82, 2.24) is 10.3 Å². The van der Waals surface area contributed by atoms with E-state index in [4.69, 9.17) is 4.74 Å². The summed E-state index contributed by atoms with van der Waals surface area (Å²) in [6.45, 7) is 3.14. The van der Waals surface area contributed by atoms with E-state index >= 15 is 0 Å². The van der Waals surface area contributed by atoms with Gasteiger partial charge in [-0.05, 0) is 24.8 Å². The number of rotatable bonds is 5. The zero-order valence-corrected chi connectivity index (χ0v) is 11.8. The van der Waals surface area contributed by atoms with Gasteiger partial charge in [-0.15, -0.1) is 0 Å². The van der Waals surface area contributed by atoms with Crippen LogP contribution in [-0.4, -0.2) is 30.1 Å². The lowest BCUT2D eigenvalue weighted by Gasteiger charge is -2.28. The van der Waals surface area contributed by atoms with Crippen molar-refractivity contribution in [2.45, 2.75) is 38.7 Å². The molecule has 1 fully saturated rings. The predicted molar refractivity (Wildman–Crippen MR) is 73.9 cm³/mol. The summed E-state index contributed by atoms with van der Waals surface area (Å²) < 4.78 is 18.7. The van der Waals surface area contributed by atoms with Crippen LogP contribution in [0.25, 0.3) is 0 Å². The molecule has 4 nitrogen and oxygen atoms in total. The molecular weight excluding hydrogens is 259 g/mol. The van der Waals surface area contributed by atoms with Gasteiger partial charge in [-0.2, -0.15) is 4.39 Å². The van der Waals surface area contributed by atoms with E-state index in [0.29, 0.717) is 25.2 Å². The monoisotopic (exact) mass is 280 g/mol. The number of amides is 1. The quantitative estimate of drug-likeness (QED) is 0.666. The van der Waals surface area contributed by atoms with Crippen molar-refractivity contribution in [2.24, 2.45) is 5.92 Å². The van der Waals surface area contributed by atoms with Crippen molar-refractivity contribution in [3.63, 3.8) is 0 Å². The van der Waals surface area contributed by atoms with Gasteiger partial charge in [0.1, 0.15) is 0 Å². The Balaban J connectivity index is 1.69. The molecule has 1 amide bonds. The summed E-state index contributed by atoms with van der Waals surface area (Å²) in [7, 11) is 0. The zero-order chi connectivity index (χ0) is 14.4. The molecule has 0 unspecified atom stereocenters. The average Bonchev–Trinajstić information content (AvgIpc) is 2.45. The third-order valence-electron chi connectivity index (χ3n) is 3.74. The van der Waals surface area contributed by atoms with Crippen LogP contribution >= 0.6 is 0 Å². The maximum atomic E-state index is 12.9. The first-order valence-electron chi connectivity index (χ1n) is 7.18. The Kier molecular flexibility index (Phi) is 5.47. The SMILES string of the molecule is C[C@@H]1CCCC[C@H]1OCCNC(=O)c1ccnc(F)c1. The molecule has 0 aromatic carbocycles. The van der Waals surface area contributed by atoms with Gasteiger partial charge in [0.05, 0.1) is 12.7 Å². The maximum Gasteiger partial charge on any atom is 0.251 e. The third kappa shape index (κ3) is 4.27. The molecule has 1 aliphatic carbocycles. The fraction of sp³-hybridized carbons (Fsp3) is 0.600. The fourth-order valence-corrected chi connectivity index (χ4v) is 2.55. The van der Waals surface area contributed by atoms with Crippen LogP contribution in [0.1, 0.15) is 43.0 Å². The topological polar surface area (TPSA) is 51.2 Å². The van der Waals surface area contributed by atoms with Crippen LogP contribution in [0.5, 0.6) is 0 Å². The van der Waals surface area contributed by atoms with Gasteiger partial charge in [-0.1, -0.05) is 19.8 Å². The first-order valence-corrected chi connectivity index (χ1v) is 7.18. The molecule has 1 aromatic rings. The Hall–Kier alpha value is -1.49. The van der Waals surface area contributed by atoms with Crippen LogP contribution in [0.15, 0.2) is 18.3 Å². The first-order chi connectivity index (χ1) is 9.66. The minimum atomic E-state index is -0.648. The number of hydrogen-bond donors (Lipinski definition) is 1. The van der Waals surface area contributed by atoms with Crippen LogP contribution in [0, 0.1) is 11.9 Å². The molecule has 2 atom stereocenters. The van der Waals surface area contributed by atoms with Crippen molar-refractivity contribution in [3.8, 4) is 0 Å². The second-order valence-electron chi connectivity index (χ2n) is 5.29. The molecule has 1 saturated carbocycles. The smallest absolute Gasteiger partial charge is 0.251 e. The highest BCUT2D eigenvalue weighted by atomic mass is 19.1. The van der Waals surface area contributed by atoms with Gasteiger partial charge >= 0.3 is 0 Å². The molecule has 1 heterocycles. The highest BCUT2D eigenvalue weighted by Gasteiger charge is 2.21.